The molecule has 1 heterocycles. The third-order valence-electron chi connectivity index (χ3n) is 2.33. The second kappa shape index (κ2) is 5.71. The van der Waals surface area contributed by atoms with Gasteiger partial charge in [-0.1, -0.05) is 0 Å². The van der Waals surface area contributed by atoms with Gasteiger partial charge in [-0.15, -0.1) is 0 Å². The fourth-order valence-corrected chi connectivity index (χ4v) is 1.53. The Bertz CT molecular complexity index is 558. The molecule has 2 aromatic rings. The van der Waals surface area contributed by atoms with E-state index in [4.69, 9.17) is 10.5 Å². The largest absolute Gasteiger partial charge is 0.421 e. The highest BCUT2D eigenvalue weighted by atomic mass is 19.1. The maximum absolute atomic E-state index is 13.3. The Morgan fingerprint density at radius 1 is 1.26 bits per heavy atom. The van der Waals surface area contributed by atoms with Crippen LogP contribution in [0.3, 0.4) is 0 Å². The Hall–Kier alpha value is -2.08. The molecule has 1 aromatic heterocycles. The molecule has 1 aromatic carbocycles. The van der Waals surface area contributed by atoms with E-state index in [-0.39, 0.29) is 17.8 Å². The first-order chi connectivity index (χ1) is 9.04. The summed E-state index contributed by atoms with van der Waals surface area (Å²) in [4.78, 5) is 7.84. The summed E-state index contributed by atoms with van der Waals surface area (Å²) in [5, 5.41) is 0. The van der Waals surface area contributed by atoms with E-state index in [1.807, 2.05) is 6.92 Å². The van der Waals surface area contributed by atoms with Crippen LogP contribution in [0.15, 0.2) is 30.6 Å². The normalized spacial score (nSPS) is 12.2. The van der Waals surface area contributed by atoms with E-state index in [1.54, 1.807) is 12.4 Å². The van der Waals surface area contributed by atoms with Crippen LogP contribution in [-0.2, 0) is 6.42 Å². The lowest BCUT2D eigenvalue weighted by atomic mass is 10.1. The summed E-state index contributed by atoms with van der Waals surface area (Å²) in [5.74, 6) is -1.52. The number of rotatable bonds is 4. The summed E-state index contributed by atoms with van der Waals surface area (Å²) in [7, 11) is 0. The van der Waals surface area contributed by atoms with Crippen molar-refractivity contribution in [3.05, 3.63) is 47.8 Å². The Morgan fingerprint density at radius 3 is 2.58 bits per heavy atom. The first-order valence-corrected chi connectivity index (χ1v) is 5.74. The van der Waals surface area contributed by atoms with Crippen molar-refractivity contribution in [3.63, 3.8) is 0 Å². The minimum atomic E-state index is -0.676. The zero-order valence-corrected chi connectivity index (χ0v) is 10.3. The van der Waals surface area contributed by atoms with Gasteiger partial charge >= 0.3 is 6.01 Å². The highest BCUT2D eigenvalue weighted by molar-refractivity contribution is 5.27. The van der Waals surface area contributed by atoms with Crippen LogP contribution in [0.2, 0.25) is 0 Å². The number of ether oxygens (including phenoxy) is 1. The van der Waals surface area contributed by atoms with Crippen molar-refractivity contribution in [2.75, 3.05) is 0 Å². The van der Waals surface area contributed by atoms with Gasteiger partial charge in [-0.2, -0.15) is 0 Å². The lowest BCUT2D eigenvalue weighted by Gasteiger charge is -2.07. The number of halogens is 2. The quantitative estimate of drug-likeness (QED) is 0.922. The molecule has 0 saturated carbocycles. The lowest BCUT2D eigenvalue weighted by Crippen LogP contribution is -2.17. The van der Waals surface area contributed by atoms with E-state index in [1.165, 1.54) is 0 Å². The monoisotopic (exact) mass is 265 g/mol. The summed E-state index contributed by atoms with van der Waals surface area (Å²) in [6.45, 7) is 1.87. The van der Waals surface area contributed by atoms with Crippen LogP contribution in [0.1, 0.15) is 12.5 Å². The van der Waals surface area contributed by atoms with Gasteiger partial charge in [0.1, 0.15) is 5.82 Å². The highest BCUT2D eigenvalue weighted by Crippen LogP contribution is 2.22. The van der Waals surface area contributed by atoms with Crippen LogP contribution in [-0.4, -0.2) is 16.0 Å². The molecule has 1 unspecified atom stereocenters. The molecule has 2 N–H and O–H groups in total. The van der Waals surface area contributed by atoms with Gasteiger partial charge < -0.3 is 10.5 Å². The zero-order valence-electron chi connectivity index (χ0n) is 10.3. The number of hydrogen-bond acceptors (Lipinski definition) is 4. The van der Waals surface area contributed by atoms with Crippen molar-refractivity contribution in [1.29, 1.82) is 0 Å². The smallest absolute Gasteiger partial charge is 0.321 e. The Balaban J connectivity index is 2.13. The number of nitrogens with zero attached hydrogens (tertiary/aromatic N) is 2. The van der Waals surface area contributed by atoms with E-state index < -0.39 is 11.6 Å². The Labute approximate surface area is 109 Å². The van der Waals surface area contributed by atoms with Crippen molar-refractivity contribution >= 4 is 0 Å². The van der Waals surface area contributed by atoms with Crippen LogP contribution < -0.4 is 10.5 Å². The van der Waals surface area contributed by atoms with Crippen molar-refractivity contribution in [2.45, 2.75) is 19.4 Å². The molecule has 0 aliphatic heterocycles. The molecular weight excluding hydrogens is 252 g/mol. The van der Waals surface area contributed by atoms with Crippen molar-refractivity contribution in [2.24, 2.45) is 5.73 Å². The molecule has 19 heavy (non-hydrogen) atoms. The molecule has 0 aliphatic rings. The van der Waals surface area contributed by atoms with Gasteiger partial charge in [-0.25, -0.2) is 18.7 Å². The summed E-state index contributed by atoms with van der Waals surface area (Å²) < 4.78 is 31.4. The number of hydrogen-bond donors (Lipinski definition) is 1. The lowest BCUT2D eigenvalue weighted by molar-refractivity contribution is 0.406. The third-order valence-corrected chi connectivity index (χ3v) is 2.33. The third kappa shape index (κ3) is 3.69. The molecule has 1 atom stereocenters. The highest BCUT2D eigenvalue weighted by Gasteiger charge is 2.08. The van der Waals surface area contributed by atoms with Gasteiger partial charge in [0, 0.05) is 24.5 Å². The van der Waals surface area contributed by atoms with Crippen LogP contribution in [0, 0.1) is 11.6 Å². The predicted molar refractivity (Wildman–Crippen MR) is 65.8 cm³/mol. The molecule has 100 valence electrons. The van der Waals surface area contributed by atoms with Gasteiger partial charge in [-0.05, 0) is 31.0 Å². The first kappa shape index (κ1) is 13.4. The second-order valence-corrected chi connectivity index (χ2v) is 4.23. The fraction of sp³-hybridized carbons (Fsp3) is 0.231. The molecule has 2 rings (SSSR count). The van der Waals surface area contributed by atoms with E-state index in [0.29, 0.717) is 6.42 Å². The van der Waals surface area contributed by atoms with E-state index in [0.717, 1.165) is 23.8 Å². The second-order valence-electron chi connectivity index (χ2n) is 4.23. The fourth-order valence-electron chi connectivity index (χ4n) is 1.53. The van der Waals surface area contributed by atoms with Gasteiger partial charge in [0.05, 0.1) is 0 Å². The van der Waals surface area contributed by atoms with E-state index in [9.17, 15) is 8.78 Å². The van der Waals surface area contributed by atoms with Gasteiger partial charge in [0.15, 0.2) is 11.6 Å². The predicted octanol–water partition coefficient (Wildman–Crippen LogP) is 2.44. The molecule has 4 nitrogen and oxygen atoms in total. The average molecular weight is 265 g/mol. The molecule has 0 amide bonds. The summed E-state index contributed by atoms with van der Waals surface area (Å²) in [5.41, 5.74) is 6.49. The molecule has 0 spiro atoms. The topological polar surface area (TPSA) is 61.0 Å². The van der Waals surface area contributed by atoms with Gasteiger partial charge in [0.2, 0.25) is 0 Å². The molecule has 6 heteroatoms. The minimum absolute atomic E-state index is 0.00367. The summed E-state index contributed by atoms with van der Waals surface area (Å²) in [6, 6.07) is 2.88. The van der Waals surface area contributed by atoms with Crippen molar-refractivity contribution in [1.82, 2.24) is 9.97 Å². The van der Waals surface area contributed by atoms with Crippen LogP contribution in [0.4, 0.5) is 8.78 Å². The Kier molecular flexibility index (Phi) is 4.01. The zero-order chi connectivity index (χ0) is 13.8. The molecule has 0 saturated heterocycles. The number of benzene rings is 1. The Morgan fingerprint density at radius 2 is 1.95 bits per heavy atom. The summed E-state index contributed by atoms with van der Waals surface area (Å²) in [6.07, 6.45) is 3.72. The standard InChI is InChI=1S/C13H13F2N3O/c1-8(16)4-9-6-17-13(18-7-9)19-12-5-10(14)2-3-11(12)15/h2-3,5-8H,4,16H2,1H3. The van der Waals surface area contributed by atoms with Crippen LogP contribution >= 0.6 is 0 Å². The van der Waals surface area contributed by atoms with E-state index in [2.05, 4.69) is 9.97 Å². The maximum atomic E-state index is 13.3. The first-order valence-electron chi connectivity index (χ1n) is 5.74. The number of nitrogens with two attached hydrogens (primary N) is 1. The molecule has 0 radical (unpaired) electrons. The molecule has 0 fully saturated rings. The van der Waals surface area contributed by atoms with Crippen LogP contribution in [0.25, 0.3) is 0 Å². The van der Waals surface area contributed by atoms with Gasteiger partial charge in [-0.3, -0.25) is 0 Å². The number of aromatic nitrogens is 2. The van der Waals surface area contributed by atoms with Crippen molar-refractivity contribution in [3.8, 4) is 11.8 Å². The molecule has 0 aliphatic carbocycles. The molecular formula is C13H13F2N3O. The summed E-state index contributed by atoms with van der Waals surface area (Å²) >= 11 is 0. The van der Waals surface area contributed by atoms with Crippen molar-refractivity contribution < 1.29 is 13.5 Å². The SMILES string of the molecule is CC(N)Cc1cnc(Oc2cc(F)ccc2F)nc1. The maximum Gasteiger partial charge on any atom is 0.321 e. The molecule has 0 bridgehead atoms. The van der Waals surface area contributed by atoms with Crippen LogP contribution in [0.5, 0.6) is 11.8 Å². The minimum Gasteiger partial charge on any atom is -0.421 e. The van der Waals surface area contributed by atoms with E-state index >= 15 is 0 Å². The van der Waals surface area contributed by atoms with Gasteiger partial charge in [0.25, 0.3) is 0 Å². The average Bonchev–Trinajstić information content (AvgIpc) is 2.35.